The van der Waals surface area contributed by atoms with Crippen LogP contribution in [0.25, 0.3) is 6.08 Å². The van der Waals surface area contributed by atoms with E-state index in [0.717, 1.165) is 11.1 Å². The van der Waals surface area contributed by atoms with E-state index in [1.807, 2.05) is 31.2 Å². The van der Waals surface area contributed by atoms with Crippen LogP contribution in [0.4, 0.5) is 11.4 Å². The van der Waals surface area contributed by atoms with Gasteiger partial charge in [0.05, 0.1) is 5.69 Å². The van der Waals surface area contributed by atoms with E-state index < -0.39 is 6.10 Å². The highest BCUT2D eigenvalue weighted by molar-refractivity contribution is 6.03. The molecule has 0 saturated carbocycles. The van der Waals surface area contributed by atoms with E-state index in [4.69, 9.17) is 4.74 Å². The Kier molecular flexibility index (Phi) is 4.33. The zero-order valence-corrected chi connectivity index (χ0v) is 13.5. The summed E-state index contributed by atoms with van der Waals surface area (Å²) in [5, 5.41) is 5.52. The maximum atomic E-state index is 12.0. The molecule has 5 nitrogen and oxygen atoms in total. The monoisotopic (exact) mass is 322 g/mol. The molecule has 2 aromatic carbocycles. The van der Waals surface area contributed by atoms with Gasteiger partial charge in [-0.05, 0) is 43.7 Å². The Morgan fingerprint density at radius 2 is 2.08 bits per heavy atom. The second-order valence-corrected chi connectivity index (χ2v) is 5.70. The van der Waals surface area contributed by atoms with Crippen LogP contribution in [0.1, 0.15) is 18.1 Å². The summed E-state index contributed by atoms with van der Waals surface area (Å²) in [7, 11) is 0. The fourth-order valence-electron chi connectivity index (χ4n) is 2.42. The lowest BCUT2D eigenvalue weighted by molar-refractivity contribution is -0.122. The summed E-state index contributed by atoms with van der Waals surface area (Å²) in [5.41, 5.74) is 3.24. The van der Waals surface area contributed by atoms with Crippen molar-refractivity contribution in [2.24, 2.45) is 0 Å². The molecule has 2 aromatic rings. The van der Waals surface area contributed by atoms with Gasteiger partial charge in [0, 0.05) is 11.8 Å². The van der Waals surface area contributed by atoms with Crippen LogP contribution < -0.4 is 15.4 Å². The number of hydrogen-bond acceptors (Lipinski definition) is 3. The fourth-order valence-corrected chi connectivity index (χ4v) is 2.42. The lowest BCUT2D eigenvalue weighted by Crippen LogP contribution is -2.34. The molecule has 3 rings (SSSR count). The minimum atomic E-state index is -0.518. The van der Waals surface area contributed by atoms with Gasteiger partial charge >= 0.3 is 0 Å². The molecule has 0 saturated heterocycles. The number of ether oxygens (including phenoxy) is 1. The van der Waals surface area contributed by atoms with Gasteiger partial charge in [0.1, 0.15) is 5.75 Å². The van der Waals surface area contributed by atoms with E-state index in [1.54, 1.807) is 31.2 Å². The van der Waals surface area contributed by atoms with Crippen molar-refractivity contribution in [3.8, 4) is 5.75 Å². The van der Waals surface area contributed by atoms with E-state index in [2.05, 4.69) is 10.6 Å². The zero-order valence-electron chi connectivity index (χ0n) is 13.5. The molecular formula is C19H18N2O3. The number of carbonyl (C=O) groups excluding carboxylic acids is 2. The first-order valence-corrected chi connectivity index (χ1v) is 7.68. The fraction of sp³-hybridized carbons (Fsp3) is 0.158. The lowest BCUT2D eigenvalue weighted by atomic mass is 10.1. The molecule has 122 valence electrons. The Morgan fingerprint density at radius 1 is 1.25 bits per heavy atom. The van der Waals surface area contributed by atoms with Crippen LogP contribution in [0.3, 0.4) is 0 Å². The number of benzene rings is 2. The summed E-state index contributed by atoms with van der Waals surface area (Å²) in [6, 6.07) is 13.0. The van der Waals surface area contributed by atoms with E-state index >= 15 is 0 Å². The summed E-state index contributed by atoms with van der Waals surface area (Å²) in [4.78, 5) is 23.7. The molecule has 1 heterocycles. The van der Waals surface area contributed by atoms with Crippen molar-refractivity contribution in [1.29, 1.82) is 0 Å². The van der Waals surface area contributed by atoms with Crippen molar-refractivity contribution in [2.45, 2.75) is 20.0 Å². The van der Waals surface area contributed by atoms with E-state index in [0.29, 0.717) is 17.1 Å². The second kappa shape index (κ2) is 6.58. The largest absolute Gasteiger partial charge is 0.479 e. The molecule has 0 aromatic heterocycles. The van der Waals surface area contributed by atoms with Crippen molar-refractivity contribution in [3.05, 3.63) is 59.7 Å². The molecule has 0 fully saturated rings. The van der Waals surface area contributed by atoms with Crippen molar-refractivity contribution in [2.75, 3.05) is 10.6 Å². The third-order valence-electron chi connectivity index (χ3n) is 3.65. The molecule has 0 radical (unpaired) electrons. The van der Waals surface area contributed by atoms with Crippen LogP contribution in [0.15, 0.2) is 48.5 Å². The molecule has 24 heavy (non-hydrogen) atoms. The first-order chi connectivity index (χ1) is 11.5. The first-order valence-electron chi connectivity index (χ1n) is 7.68. The van der Waals surface area contributed by atoms with Gasteiger partial charge in [-0.3, -0.25) is 9.59 Å². The lowest BCUT2D eigenvalue weighted by Gasteiger charge is -2.23. The molecule has 5 heteroatoms. The van der Waals surface area contributed by atoms with Crippen LogP contribution >= 0.6 is 0 Å². The zero-order chi connectivity index (χ0) is 17.1. The number of aryl methyl sites for hydroxylation is 1. The first kappa shape index (κ1) is 15.8. The van der Waals surface area contributed by atoms with Crippen LogP contribution in [-0.4, -0.2) is 17.9 Å². The normalized spacial score (nSPS) is 16.2. The third-order valence-corrected chi connectivity index (χ3v) is 3.65. The van der Waals surface area contributed by atoms with Gasteiger partial charge in [-0.15, -0.1) is 0 Å². The quantitative estimate of drug-likeness (QED) is 0.851. The standard InChI is InChI=1S/C19H18N2O3/c1-12-4-3-5-14(10-12)6-9-18(22)20-15-7-8-17-16(11-15)21-19(23)13(2)24-17/h3-11,13H,1-2H3,(H,20,22)(H,21,23). The summed E-state index contributed by atoms with van der Waals surface area (Å²) >= 11 is 0. The van der Waals surface area contributed by atoms with Crippen LogP contribution in [0.2, 0.25) is 0 Å². The second-order valence-electron chi connectivity index (χ2n) is 5.70. The van der Waals surface area contributed by atoms with Gasteiger partial charge in [0.25, 0.3) is 5.91 Å². The number of fused-ring (bicyclic) bond motifs is 1. The highest BCUT2D eigenvalue weighted by Crippen LogP contribution is 2.32. The Labute approximate surface area is 140 Å². The average molecular weight is 322 g/mol. The molecule has 0 bridgehead atoms. The average Bonchev–Trinajstić information content (AvgIpc) is 2.54. The molecule has 1 atom stereocenters. The topological polar surface area (TPSA) is 67.4 Å². The Hall–Kier alpha value is -3.08. The van der Waals surface area contributed by atoms with Crippen LogP contribution in [0, 0.1) is 6.92 Å². The van der Waals surface area contributed by atoms with E-state index in [9.17, 15) is 9.59 Å². The maximum absolute atomic E-state index is 12.0. The maximum Gasteiger partial charge on any atom is 0.265 e. The van der Waals surface area contributed by atoms with Crippen LogP contribution in [0.5, 0.6) is 5.75 Å². The molecule has 1 aliphatic rings. The summed E-state index contributed by atoms with van der Waals surface area (Å²) in [5.74, 6) is 0.147. The number of rotatable bonds is 3. The summed E-state index contributed by atoms with van der Waals surface area (Å²) in [6.07, 6.45) is 2.72. The van der Waals surface area contributed by atoms with Gasteiger partial charge in [-0.1, -0.05) is 29.8 Å². The number of carbonyl (C=O) groups is 2. The highest BCUT2D eigenvalue weighted by atomic mass is 16.5. The highest BCUT2D eigenvalue weighted by Gasteiger charge is 2.23. The van der Waals surface area contributed by atoms with Gasteiger partial charge in [0.15, 0.2) is 6.10 Å². The number of anilines is 2. The molecule has 2 N–H and O–H groups in total. The Morgan fingerprint density at radius 3 is 2.88 bits per heavy atom. The number of amides is 2. The minimum Gasteiger partial charge on any atom is -0.479 e. The predicted octanol–water partition coefficient (Wildman–Crippen LogP) is 3.37. The predicted molar refractivity (Wildman–Crippen MR) is 94.0 cm³/mol. The van der Waals surface area contributed by atoms with Crippen molar-refractivity contribution >= 4 is 29.3 Å². The van der Waals surface area contributed by atoms with Gasteiger partial charge < -0.3 is 15.4 Å². The third kappa shape index (κ3) is 3.63. The Balaban J connectivity index is 1.69. The van der Waals surface area contributed by atoms with Crippen molar-refractivity contribution < 1.29 is 14.3 Å². The van der Waals surface area contributed by atoms with Crippen LogP contribution in [-0.2, 0) is 9.59 Å². The molecule has 0 spiro atoms. The summed E-state index contributed by atoms with van der Waals surface area (Å²) < 4.78 is 5.48. The molecular weight excluding hydrogens is 304 g/mol. The van der Waals surface area contributed by atoms with E-state index in [1.165, 1.54) is 6.08 Å². The van der Waals surface area contributed by atoms with Crippen molar-refractivity contribution in [1.82, 2.24) is 0 Å². The SMILES string of the molecule is Cc1cccc(C=CC(=O)Nc2ccc3c(c2)NC(=O)C(C)O3)c1. The Bertz CT molecular complexity index is 827. The van der Waals surface area contributed by atoms with Gasteiger partial charge in [-0.2, -0.15) is 0 Å². The molecule has 1 aliphatic heterocycles. The van der Waals surface area contributed by atoms with E-state index in [-0.39, 0.29) is 11.8 Å². The van der Waals surface area contributed by atoms with Crippen molar-refractivity contribution in [3.63, 3.8) is 0 Å². The summed E-state index contributed by atoms with van der Waals surface area (Å²) in [6.45, 7) is 3.69. The van der Waals surface area contributed by atoms with Gasteiger partial charge in [-0.25, -0.2) is 0 Å². The minimum absolute atomic E-state index is 0.203. The molecule has 2 amide bonds. The number of nitrogens with one attached hydrogen (secondary N) is 2. The molecule has 1 unspecified atom stereocenters. The number of hydrogen-bond donors (Lipinski definition) is 2. The molecule has 0 aliphatic carbocycles. The smallest absolute Gasteiger partial charge is 0.265 e. The van der Waals surface area contributed by atoms with Gasteiger partial charge in [0.2, 0.25) is 5.91 Å².